The summed E-state index contributed by atoms with van der Waals surface area (Å²) in [6.07, 6.45) is 4.31. The Kier molecular flexibility index (Phi) is 1.03. The van der Waals surface area contributed by atoms with Crippen molar-refractivity contribution in [1.82, 2.24) is 9.71 Å². The third-order valence-electron chi connectivity index (χ3n) is 1.55. The van der Waals surface area contributed by atoms with E-state index in [4.69, 9.17) is 5.21 Å². The molecule has 0 radical (unpaired) electrons. The summed E-state index contributed by atoms with van der Waals surface area (Å²) in [7, 11) is 0. The molecule has 0 spiro atoms. The Bertz CT molecular complexity index is 394. The molecule has 0 unspecified atom stereocenters. The minimum atomic E-state index is -0.0185. The summed E-state index contributed by atoms with van der Waals surface area (Å²) in [5.74, 6) is -0.0185. The van der Waals surface area contributed by atoms with E-state index >= 15 is 0 Å². The second-order valence-corrected chi connectivity index (χ2v) is 2.26. The number of pyridine rings is 1. The van der Waals surface area contributed by atoms with Crippen LogP contribution in [0.15, 0.2) is 24.7 Å². The lowest BCUT2D eigenvalue weighted by atomic mass is 10.3. The normalized spacial score (nSPS) is 10.5. The monoisotopic (exact) mass is 150 g/mol. The average molecular weight is 150 g/mol. The molecular weight excluding hydrogens is 144 g/mol. The molecule has 0 aliphatic carbocycles. The molecule has 56 valence electrons. The van der Waals surface area contributed by atoms with E-state index in [1.165, 1.54) is 12.4 Å². The molecule has 0 aromatic carbocycles. The Hall–Kier alpha value is -1.71. The van der Waals surface area contributed by atoms with Crippen LogP contribution in [0.25, 0.3) is 10.9 Å². The third-order valence-corrected chi connectivity index (χ3v) is 1.55. The van der Waals surface area contributed by atoms with Crippen molar-refractivity contribution < 1.29 is 10.3 Å². The second-order valence-electron chi connectivity index (χ2n) is 2.26. The molecule has 2 heterocycles. The third kappa shape index (κ3) is 0.724. The lowest BCUT2D eigenvalue weighted by Crippen LogP contribution is -1.86. The number of aromatic nitrogens is 2. The summed E-state index contributed by atoms with van der Waals surface area (Å²) in [5, 5.41) is 19.0. The second kappa shape index (κ2) is 1.88. The molecule has 0 bridgehead atoms. The van der Waals surface area contributed by atoms with Gasteiger partial charge in [0.25, 0.3) is 0 Å². The Balaban J connectivity index is 2.96. The Morgan fingerprint density at radius 1 is 1.36 bits per heavy atom. The molecule has 0 aliphatic heterocycles. The van der Waals surface area contributed by atoms with Crippen molar-refractivity contribution >= 4 is 10.9 Å². The lowest BCUT2D eigenvalue weighted by molar-refractivity contribution is 0.198. The molecule has 0 aliphatic rings. The largest absolute Gasteiger partial charge is 0.504 e. The van der Waals surface area contributed by atoms with Gasteiger partial charge < -0.3 is 10.3 Å². The molecule has 0 atom stereocenters. The highest BCUT2D eigenvalue weighted by Crippen LogP contribution is 2.22. The van der Waals surface area contributed by atoms with Crippen LogP contribution in [0.4, 0.5) is 0 Å². The average Bonchev–Trinajstić information content (AvgIpc) is 2.34. The van der Waals surface area contributed by atoms with Crippen molar-refractivity contribution in [3.8, 4) is 5.75 Å². The summed E-state index contributed by atoms with van der Waals surface area (Å²) < 4.78 is 0.867. The first-order valence-electron chi connectivity index (χ1n) is 3.12. The van der Waals surface area contributed by atoms with Crippen LogP contribution in [0.5, 0.6) is 5.75 Å². The van der Waals surface area contributed by atoms with Gasteiger partial charge >= 0.3 is 0 Å². The maximum absolute atomic E-state index is 9.20. The fourth-order valence-corrected chi connectivity index (χ4v) is 1.06. The van der Waals surface area contributed by atoms with Crippen LogP contribution in [0.1, 0.15) is 0 Å². The summed E-state index contributed by atoms with van der Waals surface area (Å²) in [5.41, 5.74) is 0.389. The number of fused-ring (bicyclic) bond motifs is 1. The molecule has 0 saturated heterocycles. The first-order chi connectivity index (χ1) is 5.29. The maximum Gasteiger partial charge on any atom is 0.161 e. The Labute approximate surface area is 62.3 Å². The van der Waals surface area contributed by atoms with Crippen molar-refractivity contribution in [2.24, 2.45) is 0 Å². The van der Waals surface area contributed by atoms with Crippen LogP contribution < -0.4 is 0 Å². The smallest absolute Gasteiger partial charge is 0.161 e. The SMILES string of the molecule is Oc1cncc2ccn(O)c12. The van der Waals surface area contributed by atoms with E-state index in [0.29, 0.717) is 10.9 Å². The molecule has 2 N–H and O–H groups in total. The van der Waals surface area contributed by atoms with Gasteiger partial charge in [-0.2, -0.15) is 4.73 Å². The number of hydrogen-bond acceptors (Lipinski definition) is 3. The van der Waals surface area contributed by atoms with E-state index in [1.54, 1.807) is 12.3 Å². The van der Waals surface area contributed by atoms with Gasteiger partial charge in [0, 0.05) is 17.8 Å². The van der Waals surface area contributed by atoms with Crippen molar-refractivity contribution in [1.29, 1.82) is 0 Å². The van der Waals surface area contributed by atoms with Gasteiger partial charge in [0.2, 0.25) is 0 Å². The molecule has 2 aromatic heterocycles. The van der Waals surface area contributed by atoms with Crippen molar-refractivity contribution in [3.63, 3.8) is 0 Å². The van der Waals surface area contributed by atoms with Gasteiger partial charge in [0.1, 0.15) is 5.52 Å². The van der Waals surface area contributed by atoms with Crippen LogP contribution in [0.3, 0.4) is 0 Å². The molecule has 11 heavy (non-hydrogen) atoms. The van der Waals surface area contributed by atoms with E-state index in [-0.39, 0.29) is 5.75 Å². The van der Waals surface area contributed by atoms with Gasteiger partial charge in [-0.3, -0.25) is 4.98 Å². The van der Waals surface area contributed by atoms with Crippen molar-refractivity contribution in [3.05, 3.63) is 24.7 Å². The molecule has 2 rings (SSSR count). The van der Waals surface area contributed by atoms with Crippen LogP contribution in [0, 0.1) is 0 Å². The number of nitrogens with zero attached hydrogens (tertiary/aromatic N) is 2. The van der Waals surface area contributed by atoms with Gasteiger partial charge in [-0.25, -0.2) is 0 Å². The van der Waals surface area contributed by atoms with Gasteiger partial charge in [-0.05, 0) is 6.07 Å². The first kappa shape index (κ1) is 6.03. The highest BCUT2D eigenvalue weighted by atomic mass is 16.5. The summed E-state index contributed by atoms with van der Waals surface area (Å²) in [6.45, 7) is 0. The highest BCUT2D eigenvalue weighted by Gasteiger charge is 2.03. The maximum atomic E-state index is 9.20. The standard InChI is InChI=1S/C7H6N2O2/c10-6-4-8-3-5-1-2-9(11)7(5)6/h1-4,10-11H. The fourth-order valence-electron chi connectivity index (χ4n) is 1.06. The van der Waals surface area contributed by atoms with E-state index in [2.05, 4.69) is 4.98 Å². The van der Waals surface area contributed by atoms with E-state index in [1.807, 2.05) is 0 Å². The predicted octanol–water partition coefficient (Wildman–Crippen LogP) is 0.979. The minimum Gasteiger partial charge on any atom is -0.504 e. The number of rotatable bonds is 0. The van der Waals surface area contributed by atoms with Crippen LogP contribution in [-0.2, 0) is 0 Å². The van der Waals surface area contributed by atoms with Crippen molar-refractivity contribution in [2.75, 3.05) is 0 Å². The van der Waals surface area contributed by atoms with Gasteiger partial charge in [0.05, 0.1) is 6.20 Å². The van der Waals surface area contributed by atoms with E-state index in [9.17, 15) is 5.11 Å². The number of hydrogen-bond donors (Lipinski definition) is 2. The Morgan fingerprint density at radius 3 is 2.91 bits per heavy atom. The van der Waals surface area contributed by atoms with E-state index < -0.39 is 0 Å². The molecule has 4 heteroatoms. The van der Waals surface area contributed by atoms with Crippen molar-refractivity contribution in [2.45, 2.75) is 0 Å². The van der Waals surface area contributed by atoms with Crippen LogP contribution in [0.2, 0.25) is 0 Å². The summed E-state index contributed by atoms with van der Waals surface area (Å²) >= 11 is 0. The molecule has 0 saturated carbocycles. The molecular formula is C7H6N2O2. The minimum absolute atomic E-state index is 0.0185. The zero-order valence-corrected chi connectivity index (χ0v) is 5.60. The highest BCUT2D eigenvalue weighted by molar-refractivity contribution is 5.83. The summed E-state index contributed by atoms with van der Waals surface area (Å²) in [4.78, 5) is 3.75. The topological polar surface area (TPSA) is 58.3 Å². The summed E-state index contributed by atoms with van der Waals surface area (Å²) in [6, 6.07) is 1.67. The molecule has 2 aromatic rings. The quantitative estimate of drug-likeness (QED) is 0.550. The fraction of sp³-hybridized carbons (Fsp3) is 0. The zero-order valence-electron chi connectivity index (χ0n) is 5.60. The first-order valence-corrected chi connectivity index (χ1v) is 3.12. The molecule has 0 fully saturated rings. The Morgan fingerprint density at radius 2 is 2.18 bits per heavy atom. The zero-order chi connectivity index (χ0) is 7.84. The predicted molar refractivity (Wildman–Crippen MR) is 38.6 cm³/mol. The number of aromatic hydroxyl groups is 1. The van der Waals surface area contributed by atoms with Crippen LogP contribution >= 0.6 is 0 Å². The lowest BCUT2D eigenvalue weighted by Gasteiger charge is -1.95. The van der Waals surface area contributed by atoms with E-state index in [0.717, 1.165) is 4.73 Å². The van der Waals surface area contributed by atoms with Gasteiger partial charge in [-0.1, -0.05) is 0 Å². The van der Waals surface area contributed by atoms with Gasteiger partial charge in [-0.15, -0.1) is 0 Å². The van der Waals surface area contributed by atoms with Crippen LogP contribution in [-0.4, -0.2) is 20.0 Å². The van der Waals surface area contributed by atoms with Gasteiger partial charge in [0.15, 0.2) is 5.75 Å². The molecule has 0 amide bonds. The molecule has 4 nitrogen and oxygen atoms in total.